The van der Waals surface area contributed by atoms with Crippen molar-refractivity contribution in [3.63, 3.8) is 0 Å². The summed E-state index contributed by atoms with van der Waals surface area (Å²) in [5.41, 5.74) is 2.85. The number of ether oxygens (including phenoxy) is 1. The second-order valence-corrected chi connectivity index (χ2v) is 12.3. The molecule has 1 unspecified atom stereocenters. The van der Waals surface area contributed by atoms with Gasteiger partial charge in [0.1, 0.15) is 5.75 Å². The number of hydrogen-bond acceptors (Lipinski definition) is 5. The molecule has 0 bridgehead atoms. The lowest BCUT2D eigenvalue weighted by molar-refractivity contribution is -0.122. The summed E-state index contributed by atoms with van der Waals surface area (Å²) in [5, 5.41) is 3.35. The molecule has 5 rings (SSSR count). The molecule has 1 atom stereocenters. The van der Waals surface area contributed by atoms with Crippen LogP contribution in [0.5, 0.6) is 5.75 Å². The van der Waals surface area contributed by atoms with E-state index in [-0.39, 0.29) is 16.8 Å². The predicted octanol–water partition coefficient (Wildman–Crippen LogP) is 5.84. The average molecular weight is 590 g/mol. The highest BCUT2D eigenvalue weighted by molar-refractivity contribution is 7.89. The molecule has 212 valence electrons. The molecule has 0 saturated carbocycles. The minimum absolute atomic E-state index is 0.0520. The van der Waals surface area contributed by atoms with E-state index in [4.69, 9.17) is 16.3 Å². The summed E-state index contributed by atoms with van der Waals surface area (Å²) in [6.45, 7) is 3.62. The van der Waals surface area contributed by atoms with Crippen molar-refractivity contribution in [1.82, 2.24) is 9.21 Å². The molecule has 1 saturated heterocycles. The maximum atomic E-state index is 13.5. The number of carbonyl (C=O) groups excluding carboxylic acids is 1. The van der Waals surface area contributed by atoms with Crippen LogP contribution in [0.4, 0.5) is 5.69 Å². The summed E-state index contributed by atoms with van der Waals surface area (Å²) in [5.74, 6) is 0.176. The first-order valence-electron chi connectivity index (χ1n) is 13.5. The van der Waals surface area contributed by atoms with Crippen molar-refractivity contribution < 1.29 is 17.9 Å². The molecule has 4 aromatic rings. The summed E-state index contributed by atoms with van der Waals surface area (Å²) in [7, 11) is -3.69. The van der Waals surface area contributed by atoms with Crippen LogP contribution in [0.15, 0.2) is 114 Å². The van der Waals surface area contributed by atoms with E-state index in [0.717, 1.165) is 0 Å². The van der Waals surface area contributed by atoms with Gasteiger partial charge in [-0.25, -0.2) is 8.42 Å². The summed E-state index contributed by atoms with van der Waals surface area (Å²) in [6.07, 6.45) is -0.758. The van der Waals surface area contributed by atoms with Crippen molar-refractivity contribution in [3.8, 4) is 5.75 Å². The molecule has 4 aromatic carbocycles. The summed E-state index contributed by atoms with van der Waals surface area (Å²) in [6, 6.07) is 33.6. The molecule has 1 amide bonds. The third-order valence-electron chi connectivity index (χ3n) is 7.12. The second kappa shape index (κ2) is 12.9. The van der Waals surface area contributed by atoms with Crippen LogP contribution in [-0.4, -0.2) is 55.8 Å². The first kappa shape index (κ1) is 28.8. The molecule has 1 N–H and O–H groups in total. The largest absolute Gasteiger partial charge is 0.481 e. The average Bonchev–Trinajstić information content (AvgIpc) is 3.00. The molecule has 0 aromatic heterocycles. The topological polar surface area (TPSA) is 78.9 Å². The first-order chi connectivity index (χ1) is 19.8. The zero-order valence-corrected chi connectivity index (χ0v) is 24.3. The summed E-state index contributed by atoms with van der Waals surface area (Å²) >= 11 is 5.89. The second-order valence-electron chi connectivity index (χ2n) is 9.89. The number of amides is 1. The smallest absolute Gasteiger partial charge is 0.265 e. The van der Waals surface area contributed by atoms with Gasteiger partial charge >= 0.3 is 0 Å². The number of carbonyl (C=O) groups is 1. The zero-order chi connectivity index (χ0) is 28.8. The van der Waals surface area contributed by atoms with Crippen molar-refractivity contribution in [2.75, 3.05) is 31.5 Å². The predicted molar refractivity (Wildman–Crippen MR) is 162 cm³/mol. The van der Waals surface area contributed by atoms with Crippen LogP contribution in [-0.2, 0) is 14.8 Å². The molecule has 41 heavy (non-hydrogen) atoms. The number of anilines is 1. The van der Waals surface area contributed by atoms with Crippen LogP contribution in [0.3, 0.4) is 0 Å². The van der Waals surface area contributed by atoms with Crippen molar-refractivity contribution in [3.05, 3.63) is 125 Å². The minimum atomic E-state index is -3.69. The molecular weight excluding hydrogens is 558 g/mol. The number of nitrogens with one attached hydrogen (secondary N) is 1. The Balaban J connectivity index is 1.21. The van der Waals surface area contributed by atoms with Crippen LogP contribution < -0.4 is 10.1 Å². The fraction of sp³-hybridized carbons (Fsp3) is 0.219. The van der Waals surface area contributed by atoms with Crippen LogP contribution in [0, 0.1) is 0 Å². The minimum Gasteiger partial charge on any atom is -0.481 e. The van der Waals surface area contributed by atoms with Gasteiger partial charge in [-0.15, -0.1) is 0 Å². The highest BCUT2D eigenvalue weighted by Crippen LogP contribution is 2.30. The molecule has 9 heteroatoms. The van der Waals surface area contributed by atoms with Gasteiger partial charge in [0.15, 0.2) is 6.10 Å². The van der Waals surface area contributed by atoms with Gasteiger partial charge in [-0.2, -0.15) is 4.31 Å². The SMILES string of the molecule is CC(Oc1ccc(Cl)cc1)C(=O)Nc1ccc(S(=O)(=O)N2CCN(C(c3ccccc3)c3ccccc3)CC2)cc1. The van der Waals surface area contributed by atoms with E-state index in [0.29, 0.717) is 42.6 Å². The molecule has 1 aliphatic rings. The Hall–Kier alpha value is -3.69. The maximum Gasteiger partial charge on any atom is 0.265 e. The zero-order valence-electron chi connectivity index (χ0n) is 22.7. The number of hydrogen-bond donors (Lipinski definition) is 1. The van der Waals surface area contributed by atoms with Crippen LogP contribution in [0.1, 0.15) is 24.1 Å². The number of halogens is 1. The first-order valence-corrected chi connectivity index (χ1v) is 15.3. The van der Waals surface area contributed by atoms with Crippen molar-refractivity contribution in [2.45, 2.75) is 24.0 Å². The number of piperazine rings is 1. The summed E-state index contributed by atoms with van der Waals surface area (Å²) < 4.78 is 34.1. The fourth-order valence-corrected chi connectivity index (χ4v) is 6.51. The van der Waals surface area contributed by atoms with E-state index in [1.54, 1.807) is 43.3 Å². The van der Waals surface area contributed by atoms with Crippen molar-refractivity contribution in [1.29, 1.82) is 0 Å². The highest BCUT2D eigenvalue weighted by atomic mass is 35.5. The Kier molecular flexibility index (Phi) is 9.05. The van der Waals surface area contributed by atoms with Gasteiger partial charge in [0, 0.05) is 36.9 Å². The number of rotatable bonds is 9. The van der Waals surface area contributed by atoms with Gasteiger partial charge in [-0.05, 0) is 66.6 Å². The molecule has 1 aliphatic heterocycles. The van der Waals surface area contributed by atoms with Crippen LogP contribution >= 0.6 is 11.6 Å². The normalized spacial score (nSPS) is 15.4. The van der Waals surface area contributed by atoms with E-state index in [2.05, 4.69) is 34.5 Å². The Labute approximate surface area is 246 Å². The van der Waals surface area contributed by atoms with Gasteiger partial charge in [-0.3, -0.25) is 9.69 Å². The quantitative estimate of drug-likeness (QED) is 0.265. The van der Waals surface area contributed by atoms with Crippen molar-refractivity contribution >= 4 is 33.2 Å². The Morgan fingerprint density at radius 3 is 1.85 bits per heavy atom. The van der Waals surface area contributed by atoms with Gasteiger partial charge in [0.2, 0.25) is 10.0 Å². The molecule has 1 fully saturated rings. The molecule has 1 heterocycles. The highest BCUT2D eigenvalue weighted by Gasteiger charge is 2.32. The molecule has 0 spiro atoms. The number of sulfonamides is 1. The summed E-state index contributed by atoms with van der Waals surface area (Å²) in [4.78, 5) is 15.1. The van der Waals surface area contributed by atoms with E-state index < -0.39 is 16.1 Å². The van der Waals surface area contributed by atoms with E-state index in [1.165, 1.54) is 27.6 Å². The standard InChI is InChI=1S/C32H32ClN3O4S/c1-24(40-29-16-12-27(33)13-17-29)32(37)34-28-14-18-30(19-15-28)41(38,39)36-22-20-35(21-23-36)31(25-8-4-2-5-9-25)26-10-6-3-7-11-26/h2-19,24,31H,20-23H2,1H3,(H,34,37). The maximum absolute atomic E-state index is 13.5. The lowest BCUT2D eigenvalue weighted by Gasteiger charge is -2.39. The van der Waals surface area contributed by atoms with Crippen LogP contribution in [0.25, 0.3) is 0 Å². The number of benzene rings is 4. The van der Waals surface area contributed by atoms with E-state index in [9.17, 15) is 13.2 Å². The van der Waals surface area contributed by atoms with Gasteiger partial charge < -0.3 is 10.1 Å². The molecule has 0 radical (unpaired) electrons. The lowest BCUT2D eigenvalue weighted by Crippen LogP contribution is -2.49. The Morgan fingerprint density at radius 2 is 1.32 bits per heavy atom. The molecular formula is C32H32ClN3O4S. The van der Waals surface area contributed by atoms with Crippen LogP contribution in [0.2, 0.25) is 5.02 Å². The fourth-order valence-electron chi connectivity index (χ4n) is 4.96. The van der Waals surface area contributed by atoms with E-state index >= 15 is 0 Å². The molecule has 0 aliphatic carbocycles. The molecule has 7 nitrogen and oxygen atoms in total. The van der Waals surface area contributed by atoms with Gasteiger partial charge in [-0.1, -0.05) is 72.3 Å². The van der Waals surface area contributed by atoms with E-state index in [1.807, 2.05) is 36.4 Å². The van der Waals surface area contributed by atoms with Crippen molar-refractivity contribution in [2.24, 2.45) is 0 Å². The van der Waals surface area contributed by atoms with Gasteiger partial charge in [0.05, 0.1) is 10.9 Å². The Morgan fingerprint density at radius 1 is 0.780 bits per heavy atom. The van der Waals surface area contributed by atoms with Gasteiger partial charge in [0.25, 0.3) is 5.91 Å². The Bertz CT molecular complexity index is 1500. The number of nitrogens with zero attached hydrogens (tertiary/aromatic N) is 2. The third-order valence-corrected chi connectivity index (χ3v) is 9.29. The monoisotopic (exact) mass is 589 g/mol. The lowest BCUT2D eigenvalue weighted by atomic mass is 9.96. The third kappa shape index (κ3) is 6.97.